The number of thiophene rings is 1. The number of amides is 1. The van der Waals surface area contributed by atoms with E-state index in [1.165, 1.54) is 18.2 Å². The summed E-state index contributed by atoms with van der Waals surface area (Å²) < 4.78 is 0. The van der Waals surface area contributed by atoms with Crippen molar-refractivity contribution in [2.24, 2.45) is 5.92 Å². The molecule has 0 spiro atoms. The first-order valence-corrected chi connectivity index (χ1v) is 8.12. The van der Waals surface area contributed by atoms with Crippen molar-refractivity contribution in [1.29, 1.82) is 0 Å². The number of rotatable bonds is 6. The van der Waals surface area contributed by atoms with Gasteiger partial charge in [0.05, 0.1) is 16.5 Å². The number of nitrogens with zero attached hydrogens (tertiary/aromatic N) is 1. The molecule has 0 radical (unpaired) electrons. The third kappa shape index (κ3) is 4.50. The van der Waals surface area contributed by atoms with Crippen LogP contribution in [0.4, 0.5) is 5.69 Å². The minimum absolute atomic E-state index is 0.0183. The average molecular weight is 330 g/mol. The number of nitro groups is 1. The van der Waals surface area contributed by atoms with Crippen LogP contribution >= 0.6 is 11.3 Å². The van der Waals surface area contributed by atoms with E-state index >= 15 is 0 Å². The van der Waals surface area contributed by atoms with Gasteiger partial charge in [-0.1, -0.05) is 32.0 Å². The third-order valence-corrected chi connectivity index (χ3v) is 4.32. The Morgan fingerprint density at radius 3 is 2.61 bits per heavy atom. The molecule has 0 aliphatic carbocycles. The highest BCUT2D eigenvalue weighted by molar-refractivity contribution is 7.10. The first kappa shape index (κ1) is 16.9. The number of nitro benzene ring substituents is 1. The Balaban J connectivity index is 2.11. The van der Waals surface area contributed by atoms with Gasteiger partial charge in [0.2, 0.25) is 5.91 Å². The summed E-state index contributed by atoms with van der Waals surface area (Å²) in [6.07, 6.45) is 2.81. The van der Waals surface area contributed by atoms with Gasteiger partial charge in [0.25, 0.3) is 5.69 Å². The molecule has 120 valence electrons. The lowest BCUT2D eigenvalue weighted by Gasteiger charge is -2.20. The number of para-hydroxylation sites is 1. The second-order valence-electron chi connectivity index (χ2n) is 5.39. The second kappa shape index (κ2) is 7.69. The van der Waals surface area contributed by atoms with Crippen LogP contribution in [0.1, 0.15) is 30.3 Å². The Kier molecular flexibility index (Phi) is 5.65. The molecular weight excluding hydrogens is 312 g/mol. The first-order valence-electron chi connectivity index (χ1n) is 7.24. The van der Waals surface area contributed by atoms with Gasteiger partial charge in [-0.2, -0.15) is 0 Å². The quantitative estimate of drug-likeness (QED) is 0.490. The lowest BCUT2D eigenvalue weighted by atomic mass is 10.0. The number of hydrogen-bond acceptors (Lipinski definition) is 4. The van der Waals surface area contributed by atoms with Crippen molar-refractivity contribution in [3.63, 3.8) is 0 Å². The maximum atomic E-state index is 12.1. The van der Waals surface area contributed by atoms with Crippen molar-refractivity contribution in [3.8, 4) is 0 Å². The molecule has 1 heterocycles. The van der Waals surface area contributed by atoms with Crippen LogP contribution in [0.2, 0.25) is 0 Å². The molecule has 5 nitrogen and oxygen atoms in total. The van der Waals surface area contributed by atoms with Crippen LogP contribution in [0, 0.1) is 16.0 Å². The van der Waals surface area contributed by atoms with Crippen LogP contribution in [0.3, 0.4) is 0 Å². The molecule has 1 N–H and O–H groups in total. The fraction of sp³-hybridized carbons (Fsp3) is 0.235. The van der Waals surface area contributed by atoms with Gasteiger partial charge in [-0.25, -0.2) is 0 Å². The van der Waals surface area contributed by atoms with E-state index in [2.05, 4.69) is 5.32 Å². The molecule has 1 aromatic carbocycles. The van der Waals surface area contributed by atoms with Gasteiger partial charge in [-0.3, -0.25) is 14.9 Å². The normalized spacial score (nSPS) is 12.5. The summed E-state index contributed by atoms with van der Waals surface area (Å²) in [4.78, 5) is 23.7. The molecule has 1 amide bonds. The van der Waals surface area contributed by atoms with Gasteiger partial charge >= 0.3 is 0 Å². The molecule has 23 heavy (non-hydrogen) atoms. The molecule has 6 heteroatoms. The SMILES string of the molecule is CC(C)[C@H](NC(=O)/C=C/c1ccccc1[N+](=O)[O-])c1cccs1. The van der Waals surface area contributed by atoms with Crippen LogP contribution in [0.15, 0.2) is 47.9 Å². The van der Waals surface area contributed by atoms with Crippen LogP contribution in [0.5, 0.6) is 0 Å². The largest absolute Gasteiger partial charge is 0.345 e. The molecule has 1 aromatic heterocycles. The Labute approximate surface area is 138 Å². The zero-order valence-corrected chi connectivity index (χ0v) is 13.7. The van der Waals surface area contributed by atoms with Crippen molar-refractivity contribution >= 4 is 29.0 Å². The van der Waals surface area contributed by atoms with E-state index in [1.807, 2.05) is 31.4 Å². The van der Waals surface area contributed by atoms with Crippen molar-refractivity contribution in [1.82, 2.24) is 5.32 Å². The molecule has 0 saturated heterocycles. The molecular formula is C17H18N2O3S. The maximum absolute atomic E-state index is 12.1. The number of carbonyl (C=O) groups is 1. The predicted molar refractivity (Wildman–Crippen MR) is 92.2 cm³/mol. The standard InChI is InChI=1S/C17H18N2O3S/c1-12(2)17(15-8-5-11-23-15)18-16(20)10-9-13-6-3-4-7-14(13)19(21)22/h3-12,17H,1-2H3,(H,18,20)/b10-9+/t17-/m0/s1. The van der Waals surface area contributed by atoms with Crippen LogP contribution in [-0.4, -0.2) is 10.8 Å². The van der Waals surface area contributed by atoms with Crippen molar-refractivity contribution in [3.05, 3.63) is 68.4 Å². The van der Waals surface area contributed by atoms with Crippen molar-refractivity contribution in [2.45, 2.75) is 19.9 Å². The van der Waals surface area contributed by atoms with E-state index in [0.717, 1.165) is 4.88 Å². The van der Waals surface area contributed by atoms with Crippen molar-refractivity contribution < 1.29 is 9.72 Å². The van der Waals surface area contributed by atoms with Gasteiger partial charge in [-0.15, -0.1) is 11.3 Å². The summed E-state index contributed by atoms with van der Waals surface area (Å²) in [5.41, 5.74) is 0.389. The molecule has 1 atom stereocenters. The lowest BCUT2D eigenvalue weighted by Crippen LogP contribution is -2.29. The molecule has 2 rings (SSSR count). The Hall–Kier alpha value is -2.47. The highest BCUT2D eigenvalue weighted by Crippen LogP contribution is 2.26. The minimum atomic E-state index is -0.458. The average Bonchev–Trinajstić information content (AvgIpc) is 3.04. The third-order valence-electron chi connectivity index (χ3n) is 3.36. The van der Waals surface area contributed by atoms with Crippen LogP contribution in [0.25, 0.3) is 6.08 Å². The van der Waals surface area contributed by atoms with Crippen molar-refractivity contribution in [2.75, 3.05) is 0 Å². The minimum Gasteiger partial charge on any atom is -0.345 e. The number of benzene rings is 1. The maximum Gasteiger partial charge on any atom is 0.276 e. The topological polar surface area (TPSA) is 72.2 Å². The zero-order chi connectivity index (χ0) is 16.8. The Morgan fingerprint density at radius 2 is 2.00 bits per heavy atom. The molecule has 0 aliphatic rings. The van der Waals surface area contributed by atoms with E-state index in [4.69, 9.17) is 0 Å². The van der Waals surface area contributed by atoms with Gasteiger partial charge in [0.15, 0.2) is 0 Å². The zero-order valence-electron chi connectivity index (χ0n) is 12.9. The molecule has 0 fully saturated rings. The molecule has 0 bridgehead atoms. The lowest BCUT2D eigenvalue weighted by molar-refractivity contribution is -0.385. The van der Waals surface area contributed by atoms with Gasteiger partial charge in [0.1, 0.15) is 0 Å². The highest BCUT2D eigenvalue weighted by Gasteiger charge is 2.18. The predicted octanol–water partition coefficient (Wildman–Crippen LogP) is 4.18. The summed E-state index contributed by atoms with van der Waals surface area (Å²) in [6.45, 7) is 4.08. The van der Waals surface area contributed by atoms with E-state index < -0.39 is 4.92 Å². The first-order chi connectivity index (χ1) is 11.0. The monoisotopic (exact) mass is 330 g/mol. The number of carbonyl (C=O) groups excluding carboxylic acids is 1. The summed E-state index contributed by atoms with van der Waals surface area (Å²) >= 11 is 1.59. The summed E-state index contributed by atoms with van der Waals surface area (Å²) in [5.74, 6) is -0.0210. The Bertz CT molecular complexity index is 708. The molecule has 0 unspecified atom stereocenters. The second-order valence-corrected chi connectivity index (χ2v) is 6.37. The molecule has 2 aromatic rings. The highest BCUT2D eigenvalue weighted by atomic mass is 32.1. The molecule has 0 saturated carbocycles. The van der Waals surface area contributed by atoms with Crippen LogP contribution < -0.4 is 5.32 Å². The smallest absolute Gasteiger partial charge is 0.276 e. The number of nitrogens with one attached hydrogen (secondary N) is 1. The van der Waals surface area contributed by atoms with Gasteiger partial charge in [0, 0.05) is 17.0 Å². The summed E-state index contributed by atoms with van der Waals surface area (Å²) in [7, 11) is 0. The Morgan fingerprint density at radius 1 is 1.26 bits per heavy atom. The van der Waals surface area contributed by atoms with E-state index in [-0.39, 0.29) is 23.6 Å². The molecule has 0 aliphatic heterocycles. The van der Waals surface area contributed by atoms with E-state index in [9.17, 15) is 14.9 Å². The van der Waals surface area contributed by atoms with Gasteiger partial charge < -0.3 is 5.32 Å². The van der Waals surface area contributed by atoms with E-state index in [1.54, 1.807) is 29.5 Å². The summed E-state index contributed by atoms with van der Waals surface area (Å²) in [6, 6.07) is 10.2. The summed E-state index contributed by atoms with van der Waals surface area (Å²) in [5, 5.41) is 15.9. The van der Waals surface area contributed by atoms with Crippen LogP contribution in [-0.2, 0) is 4.79 Å². The van der Waals surface area contributed by atoms with E-state index in [0.29, 0.717) is 5.56 Å². The van der Waals surface area contributed by atoms with Gasteiger partial charge in [-0.05, 0) is 29.5 Å². The fourth-order valence-electron chi connectivity index (χ4n) is 2.20. The number of hydrogen-bond donors (Lipinski definition) is 1. The fourth-order valence-corrected chi connectivity index (χ4v) is 3.15.